The molecule has 1 aromatic rings. The van der Waals surface area contributed by atoms with Gasteiger partial charge < -0.3 is 9.76 Å². The first-order chi connectivity index (χ1) is 6.65. The quantitative estimate of drug-likeness (QED) is 0.557. The molecule has 0 aliphatic heterocycles. The predicted molar refractivity (Wildman–Crippen MR) is 55.2 cm³/mol. The molecule has 0 fully saturated rings. The first-order valence-electron chi connectivity index (χ1n) is 4.40. The zero-order valence-corrected chi connectivity index (χ0v) is 8.23. The molecule has 1 N–H and O–H groups in total. The van der Waals surface area contributed by atoms with Crippen LogP contribution in [-0.2, 0) is 0 Å². The van der Waals surface area contributed by atoms with E-state index in [1.807, 2.05) is 13.8 Å². The molecule has 0 atom stereocenters. The van der Waals surface area contributed by atoms with Gasteiger partial charge in [-0.15, -0.1) is 0 Å². The molecule has 0 unspecified atom stereocenters. The number of carbonyl (C=O) groups excluding carboxylic acids is 1. The molecule has 0 amide bonds. The summed E-state index contributed by atoms with van der Waals surface area (Å²) in [6.07, 6.45) is 0.767. The van der Waals surface area contributed by atoms with E-state index in [-0.39, 0.29) is 6.10 Å². The Morgan fingerprint density at radius 3 is 2.64 bits per heavy atom. The number of rotatable bonds is 4. The Kier molecular flexibility index (Phi) is 3.71. The average Bonchev–Trinajstić information content (AvgIpc) is 2.16. The molecule has 3 nitrogen and oxygen atoms in total. The number of benzene rings is 1. The standard InChI is InChI=1S/C10H12BO3/c1-7(2)14-10-4-8(6-12)3-9(5-10)11-13/h3-7,13H,1-2H3. The number of aldehydes is 1. The summed E-state index contributed by atoms with van der Waals surface area (Å²) in [5.74, 6) is 0.588. The molecular formula is C10H12BO3. The summed E-state index contributed by atoms with van der Waals surface area (Å²) in [7, 11) is 0.945. The van der Waals surface area contributed by atoms with Crippen molar-refractivity contribution in [3.63, 3.8) is 0 Å². The van der Waals surface area contributed by atoms with E-state index in [2.05, 4.69) is 0 Å². The molecule has 1 radical (unpaired) electrons. The predicted octanol–water partition coefficient (Wildman–Crippen LogP) is 0.523. The fraction of sp³-hybridized carbons (Fsp3) is 0.300. The summed E-state index contributed by atoms with van der Waals surface area (Å²) in [6.45, 7) is 3.80. The van der Waals surface area contributed by atoms with Gasteiger partial charge in [0.15, 0.2) is 0 Å². The zero-order chi connectivity index (χ0) is 10.6. The largest absolute Gasteiger partial charge is 0.491 e. The molecule has 0 aliphatic rings. The Morgan fingerprint density at radius 1 is 1.43 bits per heavy atom. The Morgan fingerprint density at radius 2 is 2.14 bits per heavy atom. The van der Waals surface area contributed by atoms with Crippen molar-refractivity contribution in [2.24, 2.45) is 0 Å². The third-order valence-electron chi connectivity index (χ3n) is 1.61. The van der Waals surface area contributed by atoms with Crippen molar-refractivity contribution in [1.82, 2.24) is 0 Å². The maximum Gasteiger partial charge on any atom is 0.326 e. The van der Waals surface area contributed by atoms with Gasteiger partial charge in [-0.05, 0) is 31.4 Å². The highest BCUT2D eigenvalue weighted by Gasteiger charge is 2.03. The summed E-state index contributed by atoms with van der Waals surface area (Å²) >= 11 is 0. The molecule has 4 heteroatoms. The fourth-order valence-corrected chi connectivity index (χ4v) is 1.13. The molecule has 0 spiro atoms. The van der Waals surface area contributed by atoms with Gasteiger partial charge in [0.05, 0.1) is 6.10 Å². The summed E-state index contributed by atoms with van der Waals surface area (Å²) in [5.41, 5.74) is 1.05. The minimum atomic E-state index is 0.0449. The average molecular weight is 191 g/mol. The zero-order valence-electron chi connectivity index (χ0n) is 8.23. The third-order valence-corrected chi connectivity index (χ3v) is 1.61. The van der Waals surface area contributed by atoms with Gasteiger partial charge in [-0.2, -0.15) is 0 Å². The van der Waals surface area contributed by atoms with E-state index in [4.69, 9.17) is 9.76 Å². The fourth-order valence-electron chi connectivity index (χ4n) is 1.13. The van der Waals surface area contributed by atoms with Crippen molar-refractivity contribution in [2.75, 3.05) is 0 Å². The second-order valence-electron chi connectivity index (χ2n) is 3.25. The third kappa shape index (κ3) is 2.89. The van der Waals surface area contributed by atoms with Gasteiger partial charge in [-0.25, -0.2) is 0 Å². The van der Waals surface area contributed by atoms with Crippen molar-refractivity contribution in [3.05, 3.63) is 23.8 Å². The summed E-state index contributed by atoms with van der Waals surface area (Å²) in [5, 5.41) is 8.82. The molecule has 1 rings (SSSR count). The van der Waals surface area contributed by atoms with Gasteiger partial charge in [0, 0.05) is 5.56 Å². The molecule has 0 aliphatic carbocycles. The highest BCUT2D eigenvalue weighted by Crippen LogP contribution is 2.12. The SMILES string of the molecule is CC(C)Oc1cc([B]O)cc(C=O)c1. The lowest BCUT2D eigenvalue weighted by Crippen LogP contribution is -2.16. The van der Waals surface area contributed by atoms with Gasteiger partial charge in [0.2, 0.25) is 0 Å². The van der Waals surface area contributed by atoms with E-state index in [1.165, 1.54) is 0 Å². The van der Waals surface area contributed by atoms with Gasteiger partial charge in [0.25, 0.3) is 0 Å². The topological polar surface area (TPSA) is 46.5 Å². The van der Waals surface area contributed by atoms with E-state index in [1.54, 1.807) is 18.2 Å². The molecule has 0 saturated carbocycles. The lowest BCUT2D eigenvalue weighted by molar-refractivity contribution is 0.112. The monoisotopic (exact) mass is 191 g/mol. The van der Waals surface area contributed by atoms with Crippen LogP contribution in [0.4, 0.5) is 0 Å². The van der Waals surface area contributed by atoms with Crippen molar-refractivity contribution in [1.29, 1.82) is 0 Å². The molecule has 0 aromatic heterocycles. The van der Waals surface area contributed by atoms with E-state index in [0.717, 1.165) is 13.8 Å². The summed E-state index contributed by atoms with van der Waals surface area (Å²) < 4.78 is 5.41. The van der Waals surface area contributed by atoms with Gasteiger partial charge in [0.1, 0.15) is 12.0 Å². The van der Waals surface area contributed by atoms with Crippen molar-refractivity contribution >= 4 is 19.2 Å². The van der Waals surface area contributed by atoms with E-state index in [9.17, 15) is 4.79 Å². The molecule has 14 heavy (non-hydrogen) atoms. The highest BCUT2D eigenvalue weighted by molar-refractivity contribution is 6.45. The maximum absolute atomic E-state index is 10.6. The van der Waals surface area contributed by atoms with Crippen molar-refractivity contribution in [2.45, 2.75) is 20.0 Å². The van der Waals surface area contributed by atoms with Crippen LogP contribution in [0.25, 0.3) is 0 Å². The van der Waals surface area contributed by atoms with Crippen LogP contribution in [0.3, 0.4) is 0 Å². The lowest BCUT2D eigenvalue weighted by Gasteiger charge is -2.10. The van der Waals surface area contributed by atoms with Crippen LogP contribution in [0.15, 0.2) is 18.2 Å². The van der Waals surface area contributed by atoms with Crippen molar-refractivity contribution in [3.8, 4) is 5.75 Å². The first kappa shape index (κ1) is 10.8. The second kappa shape index (κ2) is 4.81. The van der Waals surface area contributed by atoms with Crippen LogP contribution in [0.2, 0.25) is 0 Å². The number of hydrogen-bond acceptors (Lipinski definition) is 3. The molecule has 0 bridgehead atoms. The minimum absolute atomic E-state index is 0.0449. The molecule has 0 saturated heterocycles. The first-order valence-corrected chi connectivity index (χ1v) is 4.40. The van der Waals surface area contributed by atoms with Crippen molar-refractivity contribution < 1.29 is 14.6 Å². The number of hydrogen-bond donors (Lipinski definition) is 1. The van der Waals surface area contributed by atoms with Crippen LogP contribution in [0, 0.1) is 0 Å². The minimum Gasteiger partial charge on any atom is -0.491 e. The van der Waals surface area contributed by atoms with E-state index < -0.39 is 0 Å². The Hall–Kier alpha value is -1.29. The highest BCUT2D eigenvalue weighted by atomic mass is 16.5. The summed E-state index contributed by atoms with van der Waals surface area (Å²) in [6, 6.07) is 4.90. The normalized spacial score (nSPS) is 10.0. The smallest absolute Gasteiger partial charge is 0.326 e. The van der Waals surface area contributed by atoms with Gasteiger partial charge in [-0.3, -0.25) is 4.79 Å². The summed E-state index contributed by atoms with van der Waals surface area (Å²) in [4.78, 5) is 10.6. The number of ether oxygens (including phenoxy) is 1. The molecule has 0 heterocycles. The maximum atomic E-state index is 10.6. The van der Waals surface area contributed by atoms with Crippen LogP contribution >= 0.6 is 0 Å². The van der Waals surface area contributed by atoms with Crippen LogP contribution in [0.1, 0.15) is 24.2 Å². The molecule has 1 aromatic carbocycles. The van der Waals surface area contributed by atoms with Gasteiger partial charge in [-0.1, -0.05) is 6.07 Å². The Balaban J connectivity index is 2.98. The molecule has 73 valence electrons. The second-order valence-corrected chi connectivity index (χ2v) is 3.25. The lowest BCUT2D eigenvalue weighted by atomic mass is 9.87. The van der Waals surface area contributed by atoms with E-state index >= 15 is 0 Å². The Labute approximate surface area is 84.0 Å². The molecular weight excluding hydrogens is 179 g/mol. The van der Waals surface area contributed by atoms with Crippen LogP contribution in [-0.4, -0.2) is 24.9 Å². The Bertz CT molecular complexity index is 323. The van der Waals surface area contributed by atoms with Crippen LogP contribution in [0.5, 0.6) is 5.75 Å². The van der Waals surface area contributed by atoms with Gasteiger partial charge >= 0.3 is 7.48 Å². The van der Waals surface area contributed by atoms with Crippen LogP contribution < -0.4 is 10.2 Å². The van der Waals surface area contributed by atoms with E-state index in [0.29, 0.717) is 16.8 Å². The number of carbonyl (C=O) groups is 1.